The molecule has 0 spiro atoms. The van der Waals surface area contributed by atoms with Crippen LogP contribution in [0.1, 0.15) is 72.1 Å². The molecule has 1 heterocycles. The summed E-state index contributed by atoms with van der Waals surface area (Å²) in [4.78, 5) is 2.83. The number of piperidine rings is 1. The van der Waals surface area contributed by atoms with E-state index in [9.17, 15) is 0 Å². The van der Waals surface area contributed by atoms with Gasteiger partial charge in [-0.15, -0.1) is 0 Å². The fourth-order valence-corrected chi connectivity index (χ4v) is 4.36. The first-order valence-corrected chi connectivity index (χ1v) is 9.22. The van der Waals surface area contributed by atoms with E-state index in [1.807, 2.05) is 0 Å². The molecule has 0 aromatic heterocycles. The van der Waals surface area contributed by atoms with E-state index in [4.69, 9.17) is 0 Å². The third-order valence-electron chi connectivity index (χ3n) is 5.59. The molecule has 4 atom stereocenters. The summed E-state index contributed by atoms with van der Waals surface area (Å²) in [6.07, 6.45) is 11.2. The molecule has 2 fully saturated rings. The highest BCUT2D eigenvalue weighted by molar-refractivity contribution is 4.87. The van der Waals surface area contributed by atoms with Crippen LogP contribution in [0.4, 0.5) is 0 Å². The SMILES string of the molecule is CCCNC1CCC(C)CC1CN1CCCCC1CC. The van der Waals surface area contributed by atoms with Crippen LogP contribution in [0.3, 0.4) is 0 Å². The van der Waals surface area contributed by atoms with E-state index in [-0.39, 0.29) is 0 Å². The Morgan fingerprint density at radius 3 is 2.70 bits per heavy atom. The van der Waals surface area contributed by atoms with Gasteiger partial charge in [-0.25, -0.2) is 0 Å². The van der Waals surface area contributed by atoms with Crippen molar-refractivity contribution in [3.8, 4) is 0 Å². The maximum atomic E-state index is 3.84. The maximum absolute atomic E-state index is 3.84. The van der Waals surface area contributed by atoms with Crippen molar-refractivity contribution in [1.29, 1.82) is 0 Å². The van der Waals surface area contributed by atoms with Crippen LogP contribution in [-0.4, -0.2) is 36.6 Å². The Morgan fingerprint density at radius 2 is 1.95 bits per heavy atom. The topological polar surface area (TPSA) is 15.3 Å². The molecule has 2 heteroatoms. The van der Waals surface area contributed by atoms with Gasteiger partial charge in [-0.3, -0.25) is 0 Å². The highest BCUT2D eigenvalue weighted by Gasteiger charge is 2.31. The Morgan fingerprint density at radius 1 is 1.10 bits per heavy atom. The fourth-order valence-electron chi connectivity index (χ4n) is 4.36. The summed E-state index contributed by atoms with van der Waals surface area (Å²) in [5, 5.41) is 3.84. The van der Waals surface area contributed by atoms with Crippen LogP contribution in [0, 0.1) is 11.8 Å². The molecule has 4 unspecified atom stereocenters. The zero-order chi connectivity index (χ0) is 14.4. The second-order valence-electron chi connectivity index (χ2n) is 7.29. The van der Waals surface area contributed by atoms with Crippen molar-refractivity contribution in [3.05, 3.63) is 0 Å². The van der Waals surface area contributed by atoms with Crippen molar-refractivity contribution < 1.29 is 0 Å². The fraction of sp³-hybridized carbons (Fsp3) is 1.00. The van der Waals surface area contributed by atoms with Crippen molar-refractivity contribution in [2.24, 2.45) is 11.8 Å². The van der Waals surface area contributed by atoms with Gasteiger partial charge in [0.1, 0.15) is 0 Å². The van der Waals surface area contributed by atoms with E-state index >= 15 is 0 Å². The van der Waals surface area contributed by atoms with E-state index in [1.54, 1.807) is 0 Å². The summed E-state index contributed by atoms with van der Waals surface area (Å²) in [7, 11) is 0. The van der Waals surface area contributed by atoms with Crippen LogP contribution < -0.4 is 5.32 Å². The molecule has 1 saturated carbocycles. The van der Waals surface area contributed by atoms with Crippen LogP contribution in [0.5, 0.6) is 0 Å². The molecule has 2 rings (SSSR count). The van der Waals surface area contributed by atoms with Crippen LogP contribution in [0.2, 0.25) is 0 Å². The van der Waals surface area contributed by atoms with E-state index in [0.717, 1.165) is 23.9 Å². The van der Waals surface area contributed by atoms with Crippen molar-refractivity contribution in [2.75, 3.05) is 19.6 Å². The third-order valence-corrected chi connectivity index (χ3v) is 5.59. The summed E-state index contributed by atoms with van der Waals surface area (Å²) in [5.41, 5.74) is 0. The molecule has 2 nitrogen and oxygen atoms in total. The Kier molecular flexibility index (Phi) is 6.83. The Labute approximate surface area is 126 Å². The summed E-state index contributed by atoms with van der Waals surface area (Å²) in [6.45, 7) is 11.0. The standard InChI is InChI=1S/C18H36N2/c1-4-11-19-18-10-9-15(3)13-16(18)14-20-12-7-6-8-17(20)5-2/h15-19H,4-14H2,1-3H3. The Hall–Kier alpha value is -0.0800. The molecular weight excluding hydrogens is 244 g/mol. The van der Waals surface area contributed by atoms with Gasteiger partial charge in [0.25, 0.3) is 0 Å². The molecule has 1 saturated heterocycles. The van der Waals surface area contributed by atoms with Gasteiger partial charge in [-0.1, -0.05) is 27.2 Å². The van der Waals surface area contributed by atoms with Gasteiger partial charge < -0.3 is 10.2 Å². The molecule has 0 bridgehead atoms. The molecule has 1 aliphatic heterocycles. The number of rotatable bonds is 6. The van der Waals surface area contributed by atoms with Gasteiger partial charge in [0.2, 0.25) is 0 Å². The second kappa shape index (κ2) is 8.38. The van der Waals surface area contributed by atoms with Gasteiger partial charge in [-0.05, 0) is 69.9 Å². The lowest BCUT2D eigenvalue weighted by atomic mass is 9.78. The van der Waals surface area contributed by atoms with Crippen LogP contribution in [-0.2, 0) is 0 Å². The third kappa shape index (κ3) is 4.46. The first-order chi connectivity index (χ1) is 9.74. The lowest BCUT2D eigenvalue weighted by Crippen LogP contribution is -2.49. The normalized spacial score (nSPS) is 36.1. The van der Waals surface area contributed by atoms with Gasteiger partial charge in [0.05, 0.1) is 0 Å². The average Bonchev–Trinajstić information content (AvgIpc) is 2.47. The highest BCUT2D eigenvalue weighted by Crippen LogP contribution is 2.31. The Bertz CT molecular complexity index is 264. The van der Waals surface area contributed by atoms with E-state index in [2.05, 4.69) is 31.0 Å². The van der Waals surface area contributed by atoms with Gasteiger partial charge in [0, 0.05) is 18.6 Å². The quantitative estimate of drug-likeness (QED) is 0.789. The molecule has 20 heavy (non-hydrogen) atoms. The molecule has 0 aromatic carbocycles. The van der Waals surface area contributed by atoms with Crippen LogP contribution in [0.25, 0.3) is 0 Å². The zero-order valence-electron chi connectivity index (χ0n) is 14.0. The average molecular weight is 280 g/mol. The van der Waals surface area contributed by atoms with Crippen molar-refractivity contribution >= 4 is 0 Å². The first-order valence-electron chi connectivity index (χ1n) is 9.22. The number of likely N-dealkylation sites (tertiary alicyclic amines) is 1. The molecular formula is C18H36N2. The molecule has 0 radical (unpaired) electrons. The second-order valence-corrected chi connectivity index (χ2v) is 7.29. The lowest BCUT2D eigenvalue weighted by Gasteiger charge is -2.42. The van der Waals surface area contributed by atoms with E-state index in [0.29, 0.717) is 0 Å². The first kappa shape index (κ1) is 16.3. The van der Waals surface area contributed by atoms with E-state index < -0.39 is 0 Å². The largest absolute Gasteiger partial charge is 0.314 e. The predicted octanol–water partition coefficient (Wildman–Crippen LogP) is 4.06. The van der Waals surface area contributed by atoms with Gasteiger partial charge in [0.15, 0.2) is 0 Å². The van der Waals surface area contributed by atoms with Crippen molar-refractivity contribution in [1.82, 2.24) is 10.2 Å². The van der Waals surface area contributed by atoms with Crippen LogP contribution >= 0.6 is 0 Å². The number of nitrogens with one attached hydrogen (secondary N) is 1. The monoisotopic (exact) mass is 280 g/mol. The minimum Gasteiger partial charge on any atom is -0.314 e. The van der Waals surface area contributed by atoms with Crippen molar-refractivity contribution in [3.63, 3.8) is 0 Å². The number of hydrogen-bond acceptors (Lipinski definition) is 2. The van der Waals surface area contributed by atoms with Gasteiger partial charge >= 0.3 is 0 Å². The molecule has 0 amide bonds. The molecule has 1 N–H and O–H groups in total. The predicted molar refractivity (Wildman–Crippen MR) is 88.1 cm³/mol. The van der Waals surface area contributed by atoms with Gasteiger partial charge in [-0.2, -0.15) is 0 Å². The summed E-state index contributed by atoms with van der Waals surface area (Å²) in [5.74, 6) is 1.82. The highest BCUT2D eigenvalue weighted by atomic mass is 15.2. The zero-order valence-corrected chi connectivity index (χ0v) is 14.0. The minimum atomic E-state index is 0.783. The molecule has 0 aromatic rings. The molecule has 1 aliphatic carbocycles. The summed E-state index contributed by atoms with van der Waals surface area (Å²) < 4.78 is 0. The maximum Gasteiger partial charge on any atom is 0.0108 e. The Balaban J connectivity index is 1.91. The molecule has 2 aliphatic rings. The lowest BCUT2D eigenvalue weighted by molar-refractivity contribution is 0.0865. The number of nitrogens with zero attached hydrogens (tertiary/aromatic N) is 1. The number of hydrogen-bond donors (Lipinski definition) is 1. The van der Waals surface area contributed by atoms with E-state index in [1.165, 1.54) is 71.0 Å². The summed E-state index contributed by atoms with van der Waals surface area (Å²) >= 11 is 0. The van der Waals surface area contributed by atoms with Crippen molar-refractivity contribution in [2.45, 2.75) is 84.2 Å². The molecule has 118 valence electrons. The smallest absolute Gasteiger partial charge is 0.0108 e. The summed E-state index contributed by atoms with van der Waals surface area (Å²) in [6, 6.07) is 1.65. The van der Waals surface area contributed by atoms with Crippen LogP contribution in [0.15, 0.2) is 0 Å². The minimum absolute atomic E-state index is 0.783.